The van der Waals surface area contributed by atoms with Crippen molar-refractivity contribution >= 4 is 28.5 Å². The molecule has 5 heteroatoms. The fraction of sp³-hybridized carbons (Fsp3) is 0.111. The number of H-pyrrole nitrogens is 1. The quantitative estimate of drug-likeness (QED) is 0.675. The maximum atomic E-state index is 12.1. The van der Waals surface area contributed by atoms with Gasteiger partial charge in [0, 0.05) is 29.2 Å². The van der Waals surface area contributed by atoms with Crippen LogP contribution in [0.3, 0.4) is 0 Å². The van der Waals surface area contributed by atoms with Crippen molar-refractivity contribution in [3.63, 3.8) is 0 Å². The van der Waals surface area contributed by atoms with Crippen LogP contribution in [0.1, 0.15) is 22.3 Å². The lowest BCUT2D eigenvalue weighted by Gasteiger charge is -2.06. The minimum absolute atomic E-state index is 0.141. The van der Waals surface area contributed by atoms with Crippen molar-refractivity contribution in [2.75, 3.05) is 5.32 Å². The van der Waals surface area contributed by atoms with Gasteiger partial charge in [-0.05, 0) is 36.2 Å². The Morgan fingerprint density at radius 1 is 1.09 bits per heavy atom. The lowest BCUT2D eigenvalue weighted by atomic mass is 10.1. The van der Waals surface area contributed by atoms with E-state index in [-0.39, 0.29) is 11.5 Å². The standard InChI is InChI=1S/C18H16N2O3/c21-17(20-14-5-3-4-12(10-14)18(22)23)9-8-13-11-19-16-7-2-1-6-15(13)16/h1-7,10-11,19H,8-9H2,(H,20,21)(H,22,23). The van der Waals surface area contributed by atoms with Crippen LogP contribution in [-0.2, 0) is 11.2 Å². The molecule has 2 aromatic carbocycles. The monoisotopic (exact) mass is 308 g/mol. The van der Waals surface area contributed by atoms with Gasteiger partial charge in [-0.3, -0.25) is 4.79 Å². The Labute approximate surface area is 133 Å². The number of carboxylic acid groups (broad SMARTS) is 1. The van der Waals surface area contributed by atoms with E-state index in [0.717, 1.165) is 16.5 Å². The van der Waals surface area contributed by atoms with Crippen molar-refractivity contribution in [2.24, 2.45) is 0 Å². The zero-order valence-electron chi connectivity index (χ0n) is 12.4. The van der Waals surface area contributed by atoms with Crippen molar-refractivity contribution in [2.45, 2.75) is 12.8 Å². The summed E-state index contributed by atoms with van der Waals surface area (Å²) < 4.78 is 0. The summed E-state index contributed by atoms with van der Waals surface area (Å²) in [4.78, 5) is 26.2. The molecule has 0 saturated carbocycles. The van der Waals surface area contributed by atoms with Crippen LogP contribution in [-0.4, -0.2) is 22.0 Å². The van der Waals surface area contributed by atoms with Crippen LogP contribution in [0.5, 0.6) is 0 Å². The maximum Gasteiger partial charge on any atom is 0.335 e. The van der Waals surface area contributed by atoms with Gasteiger partial charge in [-0.1, -0.05) is 24.3 Å². The molecule has 23 heavy (non-hydrogen) atoms. The Bertz CT molecular complexity index is 867. The number of carbonyl (C=O) groups excluding carboxylic acids is 1. The number of aromatic amines is 1. The molecule has 0 radical (unpaired) electrons. The number of nitrogens with one attached hydrogen (secondary N) is 2. The number of fused-ring (bicyclic) bond motifs is 1. The van der Waals surface area contributed by atoms with E-state index in [4.69, 9.17) is 5.11 Å². The first-order valence-electron chi connectivity index (χ1n) is 7.32. The zero-order valence-corrected chi connectivity index (χ0v) is 12.4. The Balaban J connectivity index is 1.64. The van der Waals surface area contributed by atoms with E-state index in [1.807, 2.05) is 30.5 Å². The Morgan fingerprint density at radius 3 is 2.74 bits per heavy atom. The van der Waals surface area contributed by atoms with Gasteiger partial charge < -0.3 is 15.4 Å². The third kappa shape index (κ3) is 3.40. The van der Waals surface area contributed by atoms with Crippen LogP contribution in [0.4, 0.5) is 5.69 Å². The van der Waals surface area contributed by atoms with E-state index in [1.54, 1.807) is 12.1 Å². The van der Waals surface area contributed by atoms with E-state index >= 15 is 0 Å². The summed E-state index contributed by atoms with van der Waals surface area (Å²) in [6.07, 6.45) is 2.87. The van der Waals surface area contributed by atoms with Crippen LogP contribution in [0, 0.1) is 0 Å². The number of aromatic carboxylic acids is 1. The molecule has 5 nitrogen and oxygen atoms in total. The number of anilines is 1. The number of amides is 1. The van der Waals surface area contributed by atoms with Gasteiger partial charge in [0.2, 0.25) is 5.91 Å². The van der Waals surface area contributed by atoms with Crippen LogP contribution >= 0.6 is 0 Å². The average Bonchev–Trinajstić information content (AvgIpc) is 2.96. The fourth-order valence-corrected chi connectivity index (χ4v) is 2.54. The molecule has 0 aliphatic carbocycles. The molecule has 3 N–H and O–H groups in total. The molecule has 116 valence electrons. The normalized spacial score (nSPS) is 10.6. The maximum absolute atomic E-state index is 12.1. The van der Waals surface area contributed by atoms with E-state index in [0.29, 0.717) is 18.5 Å². The summed E-state index contributed by atoms with van der Waals surface area (Å²) in [5.74, 6) is -1.15. The molecule has 1 amide bonds. The summed E-state index contributed by atoms with van der Waals surface area (Å²) >= 11 is 0. The second-order valence-electron chi connectivity index (χ2n) is 5.29. The molecule has 0 bridgehead atoms. The molecule has 0 aliphatic heterocycles. The smallest absolute Gasteiger partial charge is 0.335 e. The summed E-state index contributed by atoms with van der Waals surface area (Å²) in [6.45, 7) is 0. The molecule has 0 spiro atoms. The largest absolute Gasteiger partial charge is 0.478 e. The van der Waals surface area contributed by atoms with Gasteiger partial charge >= 0.3 is 5.97 Å². The summed E-state index contributed by atoms with van der Waals surface area (Å²) in [7, 11) is 0. The lowest BCUT2D eigenvalue weighted by molar-refractivity contribution is -0.116. The summed E-state index contributed by atoms with van der Waals surface area (Å²) in [6, 6.07) is 14.2. The van der Waals surface area contributed by atoms with Crippen molar-refractivity contribution in [3.05, 3.63) is 65.9 Å². The number of hydrogen-bond acceptors (Lipinski definition) is 2. The Morgan fingerprint density at radius 2 is 1.91 bits per heavy atom. The molecule has 0 fully saturated rings. The van der Waals surface area contributed by atoms with Gasteiger partial charge in [0.15, 0.2) is 0 Å². The highest BCUT2D eigenvalue weighted by molar-refractivity contribution is 5.94. The predicted octanol–water partition coefficient (Wildman–Crippen LogP) is 3.44. The molecule has 1 heterocycles. The number of benzene rings is 2. The molecule has 1 aromatic heterocycles. The van der Waals surface area contributed by atoms with Gasteiger partial charge in [-0.2, -0.15) is 0 Å². The number of hydrogen-bond donors (Lipinski definition) is 3. The molecular weight excluding hydrogens is 292 g/mol. The number of aromatic nitrogens is 1. The first-order chi connectivity index (χ1) is 11.1. The number of rotatable bonds is 5. The topological polar surface area (TPSA) is 82.2 Å². The van der Waals surface area contributed by atoms with Crippen LogP contribution in [0.25, 0.3) is 10.9 Å². The SMILES string of the molecule is O=C(CCc1c[nH]c2ccccc12)Nc1cccc(C(=O)O)c1. The number of aryl methyl sites for hydroxylation is 1. The third-order valence-corrected chi connectivity index (χ3v) is 3.69. The molecule has 3 rings (SSSR count). The van der Waals surface area contributed by atoms with Gasteiger partial charge in [0.1, 0.15) is 0 Å². The van der Waals surface area contributed by atoms with E-state index in [9.17, 15) is 9.59 Å². The first kappa shape index (κ1) is 14.8. The fourth-order valence-electron chi connectivity index (χ4n) is 2.54. The van der Waals surface area contributed by atoms with Crippen LogP contribution in [0.2, 0.25) is 0 Å². The van der Waals surface area contributed by atoms with Crippen molar-refractivity contribution < 1.29 is 14.7 Å². The van der Waals surface area contributed by atoms with E-state index < -0.39 is 5.97 Å². The number of carboxylic acids is 1. The van der Waals surface area contributed by atoms with Crippen LogP contribution in [0.15, 0.2) is 54.7 Å². The highest BCUT2D eigenvalue weighted by atomic mass is 16.4. The highest BCUT2D eigenvalue weighted by Gasteiger charge is 2.08. The average molecular weight is 308 g/mol. The predicted molar refractivity (Wildman–Crippen MR) is 88.7 cm³/mol. The molecule has 0 atom stereocenters. The Kier molecular flexibility index (Phi) is 4.10. The Hall–Kier alpha value is -3.08. The molecule has 0 unspecified atom stereocenters. The minimum atomic E-state index is -1.01. The van der Waals surface area contributed by atoms with Crippen LogP contribution < -0.4 is 5.32 Å². The molecular formula is C18H16N2O3. The van der Waals surface area contributed by atoms with Gasteiger partial charge in [0.05, 0.1) is 5.56 Å². The molecule has 0 saturated heterocycles. The van der Waals surface area contributed by atoms with Gasteiger partial charge in [-0.15, -0.1) is 0 Å². The van der Waals surface area contributed by atoms with Crippen molar-refractivity contribution in [1.82, 2.24) is 4.98 Å². The summed E-state index contributed by atoms with van der Waals surface area (Å²) in [5, 5.41) is 12.8. The summed E-state index contributed by atoms with van der Waals surface area (Å²) in [5.41, 5.74) is 2.79. The minimum Gasteiger partial charge on any atom is -0.478 e. The first-order valence-corrected chi connectivity index (χ1v) is 7.32. The van der Waals surface area contributed by atoms with E-state index in [2.05, 4.69) is 10.3 Å². The number of carbonyl (C=O) groups is 2. The van der Waals surface area contributed by atoms with Gasteiger partial charge in [-0.25, -0.2) is 4.79 Å². The van der Waals surface area contributed by atoms with Gasteiger partial charge in [0.25, 0.3) is 0 Å². The second-order valence-corrected chi connectivity index (χ2v) is 5.29. The molecule has 3 aromatic rings. The van der Waals surface area contributed by atoms with Crippen molar-refractivity contribution in [1.29, 1.82) is 0 Å². The molecule has 0 aliphatic rings. The number of para-hydroxylation sites is 1. The lowest BCUT2D eigenvalue weighted by Crippen LogP contribution is -2.12. The van der Waals surface area contributed by atoms with Crippen molar-refractivity contribution in [3.8, 4) is 0 Å². The highest BCUT2D eigenvalue weighted by Crippen LogP contribution is 2.19. The second kappa shape index (κ2) is 6.36. The zero-order chi connectivity index (χ0) is 16.2. The van der Waals surface area contributed by atoms with E-state index in [1.165, 1.54) is 12.1 Å². The third-order valence-electron chi connectivity index (χ3n) is 3.69.